The fraction of sp³-hybridized carbons (Fsp3) is 0.333. The Labute approximate surface area is 207 Å². The number of hydrogen-bond acceptors (Lipinski definition) is 6. The van der Waals surface area contributed by atoms with Gasteiger partial charge < -0.3 is 10.5 Å². The number of Topliss-reactive ketones (excluding diaryl/α,β-unsaturated/α-hetero) is 1. The van der Waals surface area contributed by atoms with Gasteiger partial charge in [-0.25, -0.2) is 5.01 Å². The van der Waals surface area contributed by atoms with Gasteiger partial charge >= 0.3 is 6.18 Å². The summed E-state index contributed by atoms with van der Waals surface area (Å²) < 4.78 is 47.6. The molecule has 6 nitrogen and oxygen atoms in total. The van der Waals surface area contributed by atoms with Gasteiger partial charge in [0.1, 0.15) is 5.82 Å². The number of rotatable bonds is 3. The molecule has 0 radical (unpaired) electrons. The van der Waals surface area contributed by atoms with Crippen LogP contribution in [-0.4, -0.2) is 42.1 Å². The van der Waals surface area contributed by atoms with E-state index in [2.05, 4.69) is 0 Å². The minimum Gasteiger partial charge on any atom is -0.383 e. The van der Waals surface area contributed by atoms with Crippen molar-refractivity contribution in [3.05, 3.63) is 94.0 Å². The van der Waals surface area contributed by atoms with E-state index < -0.39 is 17.7 Å². The summed E-state index contributed by atoms with van der Waals surface area (Å²) >= 11 is 0. The topological polar surface area (TPSA) is 82.6 Å². The molecule has 2 aromatic carbocycles. The Hall–Kier alpha value is -3.61. The quantitative estimate of drug-likeness (QED) is 0.679. The molecule has 3 aliphatic rings. The van der Waals surface area contributed by atoms with Crippen LogP contribution in [0.2, 0.25) is 0 Å². The number of carbonyl (C=O) groups excluding carboxylic acids is 1. The summed E-state index contributed by atoms with van der Waals surface area (Å²) in [7, 11) is 0. The molecule has 1 fully saturated rings. The molecule has 1 saturated heterocycles. The van der Waals surface area contributed by atoms with E-state index in [4.69, 9.17) is 10.5 Å². The van der Waals surface area contributed by atoms with Crippen molar-refractivity contribution >= 4 is 5.78 Å². The molecular weight excluding hydrogens is 469 g/mol. The van der Waals surface area contributed by atoms with Gasteiger partial charge in [-0.3, -0.25) is 9.80 Å². The van der Waals surface area contributed by atoms with E-state index in [0.717, 1.165) is 11.6 Å². The highest BCUT2D eigenvalue weighted by Gasteiger charge is 2.46. The monoisotopic (exact) mass is 494 g/mol. The number of halogens is 3. The Balaban J connectivity index is 1.72. The van der Waals surface area contributed by atoms with Crippen molar-refractivity contribution in [1.29, 1.82) is 5.26 Å². The molecule has 36 heavy (non-hydrogen) atoms. The first-order valence-corrected chi connectivity index (χ1v) is 11.8. The summed E-state index contributed by atoms with van der Waals surface area (Å²) in [6, 6.07) is 16.7. The highest BCUT2D eigenvalue weighted by atomic mass is 19.4. The second-order valence-corrected chi connectivity index (χ2v) is 9.11. The number of ether oxygens (including phenoxy) is 1. The molecule has 0 unspecified atom stereocenters. The predicted octanol–water partition coefficient (Wildman–Crippen LogP) is 4.45. The van der Waals surface area contributed by atoms with Crippen LogP contribution in [0.15, 0.2) is 77.3 Å². The number of ketones is 1. The Morgan fingerprint density at radius 3 is 2.33 bits per heavy atom. The zero-order chi connectivity index (χ0) is 25.4. The van der Waals surface area contributed by atoms with Gasteiger partial charge in [0.25, 0.3) is 0 Å². The van der Waals surface area contributed by atoms with Gasteiger partial charge in [-0.2, -0.15) is 18.4 Å². The van der Waals surface area contributed by atoms with Gasteiger partial charge in [-0.05, 0) is 29.5 Å². The third-order valence-corrected chi connectivity index (χ3v) is 7.06. The third kappa shape index (κ3) is 4.16. The Bertz CT molecular complexity index is 1270. The third-order valence-electron chi connectivity index (χ3n) is 7.06. The van der Waals surface area contributed by atoms with Crippen molar-refractivity contribution in [3.8, 4) is 6.07 Å². The van der Waals surface area contributed by atoms with Gasteiger partial charge in [-0.1, -0.05) is 48.5 Å². The summed E-state index contributed by atoms with van der Waals surface area (Å²) in [5.74, 6) is -1.56. The number of nitrogens with two attached hydrogens (primary N) is 1. The van der Waals surface area contributed by atoms with Crippen molar-refractivity contribution in [2.45, 2.75) is 30.9 Å². The molecule has 2 aliphatic heterocycles. The van der Waals surface area contributed by atoms with Crippen molar-refractivity contribution in [2.75, 3.05) is 26.3 Å². The molecule has 2 heterocycles. The van der Waals surface area contributed by atoms with Gasteiger partial charge in [0.2, 0.25) is 0 Å². The second kappa shape index (κ2) is 9.45. The average Bonchev–Trinajstić information content (AvgIpc) is 2.88. The average molecular weight is 495 g/mol. The number of carbonyl (C=O) groups is 1. The van der Waals surface area contributed by atoms with Crippen molar-refractivity contribution in [2.24, 2.45) is 5.73 Å². The molecule has 2 aromatic rings. The maximum Gasteiger partial charge on any atom is 0.416 e. The maximum absolute atomic E-state index is 14.0. The second-order valence-electron chi connectivity index (χ2n) is 9.11. The molecule has 2 atom stereocenters. The molecule has 1 aliphatic carbocycles. The lowest BCUT2D eigenvalue weighted by Crippen LogP contribution is -2.52. The summed E-state index contributed by atoms with van der Waals surface area (Å²) in [6.07, 6.45) is -4.10. The smallest absolute Gasteiger partial charge is 0.383 e. The van der Waals surface area contributed by atoms with Crippen LogP contribution in [0.3, 0.4) is 0 Å². The molecule has 5 rings (SSSR count). The maximum atomic E-state index is 14.0. The van der Waals surface area contributed by atoms with Crippen LogP contribution < -0.4 is 5.73 Å². The van der Waals surface area contributed by atoms with E-state index in [0.29, 0.717) is 38.4 Å². The van der Waals surface area contributed by atoms with Crippen LogP contribution in [0.1, 0.15) is 41.4 Å². The molecule has 2 N–H and O–H groups in total. The first-order chi connectivity index (χ1) is 17.3. The van der Waals surface area contributed by atoms with Gasteiger partial charge in [0, 0.05) is 30.8 Å². The predicted molar refractivity (Wildman–Crippen MR) is 126 cm³/mol. The van der Waals surface area contributed by atoms with E-state index in [1.54, 1.807) is 5.01 Å². The number of alkyl halides is 3. The first kappa shape index (κ1) is 24.1. The first-order valence-electron chi connectivity index (χ1n) is 11.8. The van der Waals surface area contributed by atoms with E-state index in [1.807, 2.05) is 41.4 Å². The van der Waals surface area contributed by atoms with E-state index in [1.165, 1.54) is 18.2 Å². The largest absolute Gasteiger partial charge is 0.416 e. The molecule has 0 aromatic heterocycles. The summed E-state index contributed by atoms with van der Waals surface area (Å²) in [4.78, 5) is 13.8. The highest BCUT2D eigenvalue weighted by molar-refractivity contribution is 6.00. The number of nitriles is 1. The van der Waals surface area contributed by atoms with E-state index >= 15 is 0 Å². The number of morpholine rings is 1. The summed E-state index contributed by atoms with van der Waals surface area (Å²) in [5.41, 5.74) is 7.25. The molecular formula is C27H25F3N4O2. The van der Waals surface area contributed by atoms with Crippen molar-refractivity contribution in [1.82, 2.24) is 10.0 Å². The van der Waals surface area contributed by atoms with Crippen LogP contribution in [0.25, 0.3) is 0 Å². The fourth-order valence-corrected chi connectivity index (χ4v) is 5.47. The number of nitrogens with zero attached hydrogens (tertiary/aromatic N) is 3. The molecule has 0 spiro atoms. The van der Waals surface area contributed by atoms with Crippen LogP contribution in [-0.2, 0) is 15.7 Å². The van der Waals surface area contributed by atoms with Gasteiger partial charge in [0.05, 0.1) is 36.3 Å². The van der Waals surface area contributed by atoms with Gasteiger partial charge in [-0.15, -0.1) is 0 Å². The van der Waals surface area contributed by atoms with Crippen LogP contribution in [0, 0.1) is 11.3 Å². The summed E-state index contributed by atoms with van der Waals surface area (Å²) in [6.45, 7) is 1.82. The summed E-state index contributed by atoms with van der Waals surface area (Å²) in [5, 5.41) is 13.7. The van der Waals surface area contributed by atoms with Gasteiger partial charge in [0.15, 0.2) is 5.78 Å². The van der Waals surface area contributed by atoms with Crippen LogP contribution >= 0.6 is 0 Å². The minimum absolute atomic E-state index is 0.0524. The lowest BCUT2D eigenvalue weighted by molar-refractivity contribution is -0.138. The Morgan fingerprint density at radius 2 is 1.67 bits per heavy atom. The Kier molecular flexibility index (Phi) is 6.33. The molecule has 186 valence electrons. The van der Waals surface area contributed by atoms with E-state index in [9.17, 15) is 23.2 Å². The van der Waals surface area contributed by atoms with E-state index in [-0.39, 0.29) is 40.7 Å². The SMILES string of the molecule is N#CC1=C(N)N(N2CCOCC2)C2=C(C(=O)C[C@@H](c3ccccc3)C2)[C@H]1c1ccccc1C(F)(F)F. The van der Waals surface area contributed by atoms with Crippen LogP contribution in [0.4, 0.5) is 13.2 Å². The number of hydrazine groups is 1. The highest BCUT2D eigenvalue weighted by Crippen LogP contribution is 2.50. The molecule has 0 amide bonds. The fourth-order valence-electron chi connectivity index (χ4n) is 5.47. The zero-order valence-corrected chi connectivity index (χ0v) is 19.5. The minimum atomic E-state index is -4.65. The normalized spacial score (nSPS) is 23.5. The van der Waals surface area contributed by atoms with Crippen molar-refractivity contribution < 1.29 is 22.7 Å². The number of allylic oxidation sites excluding steroid dienone is 3. The molecule has 9 heteroatoms. The Morgan fingerprint density at radius 1 is 1.00 bits per heavy atom. The van der Waals surface area contributed by atoms with Crippen molar-refractivity contribution in [3.63, 3.8) is 0 Å². The lowest BCUT2D eigenvalue weighted by atomic mass is 9.71. The molecule has 0 bridgehead atoms. The zero-order valence-electron chi connectivity index (χ0n) is 19.5. The standard InChI is InChI=1S/C27H25F3N4O2/c28-27(29,30)21-9-5-4-8-19(21)24-20(16-31)26(32)34(33-10-12-36-13-11-33)22-14-18(15-23(35)25(22)24)17-6-2-1-3-7-17/h1-9,18,24H,10-15,32H2/t18-,24-/m0/s1. The molecule has 0 saturated carbocycles. The lowest BCUT2D eigenvalue weighted by Gasteiger charge is -2.47. The number of benzene rings is 2. The number of hydrogen-bond donors (Lipinski definition) is 1. The van der Waals surface area contributed by atoms with Crippen LogP contribution in [0.5, 0.6) is 0 Å².